The highest BCUT2D eigenvalue weighted by atomic mass is 32.2. The molecule has 0 saturated carbocycles. The number of benzene rings is 2. The normalized spacial score (nSPS) is 11.1. The molecule has 0 aliphatic heterocycles. The fourth-order valence-corrected chi connectivity index (χ4v) is 3.63. The van der Waals surface area contributed by atoms with Gasteiger partial charge in [0.15, 0.2) is 9.84 Å². The molecule has 1 amide bonds. The first-order valence-corrected chi connectivity index (χ1v) is 10.0. The highest BCUT2D eigenvalue weighted by Gasteiger charge is 2.15. The monoisotopic (exact) mass is 391 g/mol. The molecule has 0 saturated heterocycles. The second-order valence-corrected chi connectivity index (χ2v) is 8.07. The molecule has 0 aromatic heterocycles. The summed E-state index contributed by atoms with van der Waals surface area (Å²) < 4.78 is 28.8. The minimum Gasteiger partial charge on any atom is -0.496 e. The molecule has 2 aromatic carbocycles. The molecule has 27 heavy (non-hydrogen) atoms. The zero-order valence-electron chi connectivity index (χ0n) is 15.3. The van der Waals surface area contributed by atoms with Crippen LogP contribution in [0.5, 0.6) is 5.75 Å². The van der Waals surface area contributed by atoms with Gasteiger partial charge in [0, 0.05) is 18.4 Å². The maximum absolute atomic E-state index is 12.3. The number of carboxylic acid groups (broad SMARTS) is 1. The first-order valence-electron chi connectivity index (χ1n) is 8.12. The lowest BCUT2D eigenvalue weighted by atomic mass is 10.1. The van der Waals surface area contributed by atoms with Crippen LogP contribution in [0.25, 0.3) is 0 Å². The van der Waals surface area contributed by atoms with Crippen molar-refractivity contribution in [3.8, 4) is 5.75 Å². The van der Waals surface area contributed by atoms with Crippen LogP contribution in [0.4, 0.5) is 0 Å². The van der Waals surface area contributed by atoms with Gasteiger partial charge >= 0.3 is 5.97 Å². The van der Waals surface area contributed by atoms with E-state index in [1.165, 1.54) is 25.3 Å². The van der Waals surface area contributed by atoms with E-state index in [9.17, 15) is 18.0 Å². The average Bonchev–Trinajstić information content (AvgIpc) is 2.60. The van der Waals surface area contributed by atoms with Crippen molar-refractivity contribution in [3.63, 3.8) is 0 Å². The molecule has 0 bridgehead atoms. The number of ether oxygens (including phenoxy) is 1. The van der Waals surface area contributed by atoms with Crippen molar-refractivity contribution >= 4 is 21.7 Å². The molecule has 0 radical (unpaired) electrons. The molecular formula is C19H21NO6S. The third-order valence-electron chi connectivity index (χ3n) is 4.06. The van der Waals surface area contributed by atoms with E-state index in [0.717, 1.165) is 11.8 Å². The number of amides is 1. The highest BCUT2D eigenvalue weighted by Crippen LogP contribution is 2.21. The molecule has 2 rings (SSSR count). The maximum atomic E-state index is 12.3. The van der Waals surface area contributed by atoms with Crippen LogP contribution in [0.3, 0.4) is 0 Å². The Kier molecular flexibility index (Phi) is 6.22. The number of rotatable bonds is 7. The van der Waals surface area contributed by atoms with Crippen molar-refractivity contribution in [2.24, 2.45) is 0 Å². The van der Waals surface area contributed by atoms with Crippen molar-refractivity contribution in [2.75, 3.05) is 19.9 Å². The second kappa shape index (κ2) is 8.22. The standard InChI is InChI=1S/C19H21NO6S/c1-12-4-5-14(11-17(12)27(3,24)25)18(21)20-9-8-13-6-7-15(19(22)23)10-16(13)26-2/h4-7,10-11H,8-9H2,1-3H3,(H,20,21)(H,22,23). The van der Waals surface area contributed by atoms with Crippen molar-refractivity contribution in [1.29, 1.82) is 0 Å². The molecule has 8 heteroatoms. The Bertz CT molecular complexity index is 982. The zero-order chi connectivity index (χ0) is 20.2. The molecule has 0 unspecified atom stereocenters. The van der Waals surface area contributed by atoms with Gasteiger partial charge in [-0.1, -0.05) is 12.1 Å². The van der Waals surface area contributed by atoms with Gasteiger partial charge in [-0.05, 0) is 48.7 Å². The number of aryl methyl sites for hydroxylation is 1. The summed E-state index contributed by atoms with van der Waals surface area (Å²) in [5.41, 5.74) is 1.71. The van der Waals surface area contributed by atoms with Crippen molar-refractivity contribution in [3.05, 3.63) is 58.7 Å². The average molecular weight is 391 g/mol. The van der Waals surface area contributed by atoms with Crippen LogP contribution >= 0.6 is 0 Å². The number of carboxylic acids is 1. The number of hydrogen-bond donors (Lipinski definition) is 2. The first kappa shape index (κ1) is 20.4. The van der Waals surface area contributed by atoms with Gasteiger partial charge in [0.05, 0.1) is 17.6 Å². The molecular weight excluding hydrogens is 370 g/mol. The molecule has 0 aliphatic carbocycles. The third kappa shape index (κ3) is 5.07. The summed E-state index contributed by atoms with van der Waals surface area (Å²) in [6.45, 7) is 1.95. The number of hydrogen-bond acceptors (Lipinski definition) is 5. The number of sulfone groups is 1. The smallest absolute Gasteiger partial charge is 0.335 e. The number of carbonyl (C=O) groups is 2. The summed E-state index contributed by atoms with van der Waals surface area (Å²) in [4.78, 5) is 23.4. The van der Waals surface area contributed by atoms with Crippen LogP contribution in [0, 0.1) is 6.92 Å². The van der Waals surface area contributed by atoms with E-state index >= 15 is 0 Å². The lowest BCUT2D eigenvalue weighted by molar-refractivity contribution is 0.0696. The molecule has 144 valence electrons. The van der Waals surface area contributed by atoms with E-state index in [0.29, 0.717) is 17.7 Å². The van der Waals surface area contributed by atoms with Gasteiger partial charge in [-0.25, -0.2) is 13.2 Å². The Morgan fingerprint density at radius 2 is 1.78 bits per heavy atom. The third-order valence-corrected chi connectivity index (χ3v) is 5.30. The predicted molar refractivity (Wildman–Crippen MR) is 100 cm³/mol. The van der Waals surface area contributed by atoms with E-state index in [4.69, 9.17) is 9.84 Å². The van der Waals surface area contributed by atoms with E-state index in [2.05, 4.69) is 5.32 Å². The number of aromatic carboxylic acids is 1. The molecule has 2 N–H and O–H groups in total. The summed E-state index contributed by atoms with van der Waals surface area (Å²) in [7, 11) is -1.97. The number of nitrogens with one attached hydrogen (secondary N) is 1. The van der Waals surface area contributed by atoms with Gasteiger partial charge in [0.2, 0.25) is 0 Å². The van der Waals surface area contributed by atoms with Crippen LogP contribution in [0.15, 0.2) is 41.3 Å². The first-order chi connectivity index (χ1) is 12.6. The van der Waals surface area contributed by atoms with E-state index in [-0.39, 0.29) is 28.5 Å². The SMILES string of the molecule is COc1cc(C(=O)O)ccc1CCNC(=O)c1ccc(C)c(S(C)(=O)=O)c1. The molecule has 2 aromatic rings. The van der Waals surface area contributed by atoms with E-state index in [1.54, 1.807) is 25.1 Å². The largest absolute Gasteiger partial charge is 0.496 e. The zero-order valence-corrected chi connectivity index (χ0v) is 16.1. The lowest BCUT2D eigenvalue weighted by Gasteiger charge is -2.11. The lowest BCUT2D eigenvalue weighted by Crippen LogP contribution is -2.26. The van der Waals surface area contributed by atoms with Crippen molar-refractivity contribution < 1.29 is 27.9 Å². The van der Waals surface area contributed by atoms with Gasteiger partial charge in [0.1, 0.15) is 5.75 Å². The molecule has 0 spiro atoms. The Labute approximate surface area is 157 Å². The Morgan fingerprint density at radius 1 is 1.11 bits per heavy atom. The molecule has 0 aliphatic rings. The summed E-state index contributed by atoms with van der Waals surface area (Å²) in [5, 5.41) is 11.7. The van der Waals surface area contributed by atoms with Gasteiger partial charge in [0.25, 0.3) is 5.91 Å². The topological polar surface area (TPSA) is 110 Å². The Hall–Kier alpha value is -2.87. The minimum atomic E-state index is -3.42. The van der Waals surface area contributed by atoms with E-state index < -0.39 is 15.8 Å². The Morgan fingerprint density at radius 3 is 2.37 bits per heavy atom. The fraction of sp³-hybridized carbons (Fsp3) is 0.263. The van der Waals surface area contributed by atoms with Crippen LogP contribution < -0.4 is 10.1 Å². The highest BCUT2D eigenvalue weighted by molar-refractivity contribution is 7.90. The second-order valence-electron chi connectivity index (χ2n) is 6.09. The predicted octanol–water partition coefficient (Wildman–Crippen LogP) is 2.08. The summed E-state index contributed by atoms with van der Waals surface area (Å²) >= 11 is 0. The van der Waals surface area contributed by atoms with Crippen LogP contribution in [0.1, 0.15) is 31.8 Å². The molecule has 0 atom stereocenters. The van der Waals surface area contributed by atoms with Crippen LogP contribution in [-0.4, -0.2) is 45.3 Å². The number of carbonyl (C=O) groups excluding carboxylic acids is 1. The van der Waals surface area contributed by atoms with Gasteiger partial charge < -0.3 is 15.2 Å². The van der Waals surface area contributed by atoms with E-state index in [1.807, 2.05) is 0 Å². The van der Waals surface area contributed by atoms with Crippen LogP contribution in [-0.2, 0) is 16.3 Å². The van der Waals surface area contributed by atoms with Crippen LogP contribution in [0.2, 0.25) is 0 Å². The minimum absolute atomic E-state index is 0.118. The maximum Gasteiger partial charge on any atom is 0.335 e. The van der Waals surface area contributed by atoms with Crippen molar-refractivity contribution in [2.45, 2.75) is 18.2 Å². The number of methoxy groups -OCH3 is 1. The van der Waals surface area contributed by atoms with Gasteiger partial charge in [-0.15, -0.1) is 0 Å². The summed E-state index contributed by atoms with van der Waals surface area (Å²) in [6.07, 6.45) is 1.53. The molecule has 0 heterocycles. The Balaban J connectivity index is 2.08. The molecule has 7 nitrogen and oxygen atoms in total. The van der Waals surface area contributed by atoms with Crippen molar-refractivity contribution in [1.82, 2.24) is 5.32 Å². The van der Waals surface area contributed by atoms with Gasteiger partial charge in [-0.2, -0.15) is 0 Å². The summed E-state index contributed by atoms with van der Waals surface area (Å²) in [5.74, 6) is -1.01. The quantitative estimate of drug-likeness (QED) is 0.748. The molecule has 0 fully saturated rings. The fourth-order valence-electron chi connectivity index (χ4n) is 2.64. The summed E-state index contributed by atoms with van der Waals surface area (Å²) in [6, 6.07) is 9.07. The van der Waals surface area contributed by atoms with Gasteiger partial charge in [-0.3, -0.25) is 4.79 Å².